The Labute approximate surface area is 152 Å². The molecule has 1 atom stereocenters. The monoisotopic (exact) mass is 350 g/mol. The lowest BCUT2D eigenvalue weighted by atomic mass is 9.99. The molecule has 1 aliphatic heterocycles. The highest BCUT2D eigenvalue weighted by Crippen LogP contribution is 2.33. The second-order valence-corrected chi connectivity index (χ2v) is 6.95. The van der Waals surface area contributed by atoms with Crippen LogP contribution in [-0.4, -0.2) is 42.1 Å². The van der Waals surface area contributed by atoms with E-state index in [4.69, 9.17) is 4.98 Å². The lowest BCUT2D eigenvalue weighted by molar-refractivity contribution is 0.0530. The Hall–Kier alpha value is -2.96. The molecule has 134 valence electrons. The standard InChI is InChI=1S/C19H22N6O/c1-12(2)16-18-22-17(14-7-5-4-6-8-14)23-25(18)10-9-24(16)19(26)15-13(3)20-11-21-15/h4-8,11-12,16H,9-10H2,1-3H3,(H,20,21)/t16-/m0/s1. The van der Waals surface area contributed by atoms with Gasteiger partial charge in [-0.2, -0.15) is 5.10 Å². The number of hydrogen-bond donors (Lipinski definition) is 1. The number of imidazole rings is 1. The topological polar surface area (TPSA) is 79.7 Å². The van der Waals surface area contributed by atoms with Gasteiger partial charge >= 0.3 is 0 Å². The Balaban J connectivity index is 1.73. The normalized spacial score (nSPS) is 16.8. The molecule has 0 radical (unpaired) electrons. The van der Waals surface area contributed by atoms with Gasteiger partial charge < -0.3 is 9.88 Å². The van der Waals surface area contributed by atoms with Gasteiger partial charge in [-0.15, -0.1) is 0 Å². The summed E-state index contributed by atoms with van der Waals surface area (Å²) in [6.45, 7) is 7.31. The first-order valence-electron chi connectivity index (χ1n) is 8.87. The minimum atomic E-state index is -0.127. The molecule has 0 saturated carbocycles. The molecule has 0 fully saturated rings. The summed E-state index contributed by atoms with van der Waals surface area (Å²) in [4.78, 5) is 26.9. The number of aryl methyl sites for hydroxylation is 1. The van der Waals surface area contributed by atoms with E-state index in [-0.39, 0.29) is 17.9 Å². The van der Waals surface area contributed by atoms with Gasteiger partial charge in [-0.05, 0) is 12.8 Å². The minimum Gasteiger partial charge on any atom is -0.348 e. The van der Waals surface area contributed by atoms with Gasteiger partial charge in [0, 0.05) is 17.8 Å². The first-order chi connectivity index (χ1) is 12.6. The lowest BCUT2D eigenvalue weighted by Gasteiger charge is -2.37. The maximum Gasteiger partial charge on any atom is 0.275 e. The van der Waals surface area contributed by atoms with Crippen LogP contribution in [0.4, 0.5) is 0 Å². The number of fused-ring (bicyclic) bond motifs is 1. The summed E-state index contributed by atoms with van der Waals surface area (Å²) in [5, 5.41) is 4.67. The summed E-state index contributed by atoms with van der Waals surface area (Å²) in [6.07, 6.45) is 1.56. The zero-order valence-electron chi connectivity index (χ0n) is 15.2. The van der Waals surface area contributed by atoms with Crippen molar-refractivity contribution >= 4 is 5.91 Å². The smallest absolute Gasteiger partial charge is 0.275 e. The number of hydrogen-bond acceptors (Lipinski definition) is 4. The lowest BCUT2D eigenvalue weighted by Crippen LogP contribution is -2.45. The largest absolute Gasteiger partial charge is 0.348 e. The summed E-state index contributed by atoms with van der Waals surface area (Å²) < 4.78 is 1.94. The van der Waals surface area contributed by atoms with Crippen molar-refractivity contribution in [3.8, 4) is 11.4 Å². The zero-order valence-corrected chi connectivity index (χ0v) is 15.2. The number of rotatable bonds is 3. The average molecular weight is 350 g/mol. The molecule has 0 unspecified atom stereocenters. The van der Waals surface area contributed by atoms with Crippen molar-refractivity contribution in [3.63, 3.8) is 0 Å². The van der Waals surface area contributed by atoms with Crippen LogP contribution in [-0.2, 0) is 6.54 Å². The van der Waals surface area contributed by atoms with Gasteiger partial charge in [-0.1, -0.05) is 44.2 Å². The van der Waals surface area contributed by atoms with Crippen molar-refractivity contribution in [3.05, 3.63) is 53.9 Å². The van der Waals surface area contributed by atoms with Crippen LogP contribution in [0.5, 0.6) is 0 Å². The van der Waals surface area contributed by atoms with Crippen molar-refractivity contribution in [1.82, 2.24) is 29.6 Å². The van der Waals surface area contributed by atoms with Crippen LogP contribution in [0.25, 0.3) is 11.4 Å². The summed E-state index contributed by atoms with van der Waals surface area (Å²) >= 11 is 0. The third-order valence-corrected chi connectivity index (χ3v) is 4.81. The van der Waals surface area contributed by atoms with Crippen LogP contribution < -0.4 is 0 Å². The predicted octanol–water partition coefficient (Wildman–Crippen LogP) is 2.83. The number of amides is 1. The number of carbonyl (C=O) groups excluding carboxylic acids is 1. The van der Waals surface area contributed by atoms with E-state index < -0.39 is 0 Å². The maximum absolute atomic E-state index is 13.1. The average Bonchev–Trinajstić information content (AvgIpc) is 3.26. The highest BCUT2D eigenvalue weighted by atomic mass is 16.2. The zero-order chi connectivity index (χ0) is 18.3. The fourth-order valence-corrected chi connectivity index (χ4v) is 3.52. The third kappa shape index (κ3) is 2.69. The molecule has 7 heteroatoms. The first-order valence-corrected chi connectivity index (χ1v) is 8.87. The Morgan fingerprint density at radius 3 is 2.65 bits per heavy atom. The molecule has 2 aromatic heterocycles. The molecule has 1 aliphatic rings. The number of benzene rings is 1. The van der Waals surface area contributed by atoms with Crippen LogP contribution in [0.2, 0.25) is 0 Å². The van der Waals surface area contributed by atoms with Crippen LogP contribution in [0.1, 0.15) is 41.9 Å². The van der Waals surface area contributed by atoms with E-state index in [0.29, 0.717) is 24.6 Å². The van der Waals surface area contributed by atoms with Crippen molar-refractivity contribution in [1.29, 1.82) is 0 Å². The SMILES string of the molecule is Cc1[nH]cnc1C(=O)N1CCn2nc(-c3ccccc3)nc2[C@@H]1C(C)C. The predicted molar refractivity (Wildman–Crippen MR) is 97.4 cm³/mol. The molecule has 0 saturated heterocycles. The molecular formula is C19H22N6O. The van der Waals surface area contributed by atoms with E-state index >= 15 is 0 Å². The van der Waals surface area contributed by atoms with Gasteiger partial charge in [0.05, 0.1) is 18.9 Å². The van der Waals surface area contributed by atoms with Gasteiger partial charge in [0.15, 0.2) is 11.6 Å². The highest BCUT2D eigenvalue weighted by Gasteiger charge is 2.37. The van der Waals surface area contributed by atoms with E-state index in [0.717, 1.165) is 17.1 Å². The fourth-order valence-electron chi connectivity index (χ4n) is 3.52. The van der Waals surface area contributed by atoms with E-state index in [1.807, 2.05) is 46.8 Å². The van der Waals surface area contributed by atoms with Gasteiger partial charge in [0.25, 0.3) is 5.91 Å². The summed E-state index contributed by atoms with van der Waals surface area (Å²) in [6, 6.07) is 9.81. The van der Waals surface area contributed by atoms with Crippen LogP contribution in [0.15, 0.2) is 36.7 Å². The molecule has 3 heterocycles. The van der Waals surface area contributed by atoms with Gasteiger partial charge in [0.1, 0.15) is 5.69 Å². The molecule has 1 amide bonds. The summed E-state index contributed by atoms with van der Waals surface area (Å²) in [5.41, 5.74) is 2.25. The number of nitrogens with one attached hydrogen (secondary N) is 1. The van der Waals surface area contributed by atoms with Crippen LogP contribution in [0, 0.1) is 12.8 Å². The molecule has 0 bridgehead atoms. The number of aromatic nitrogens is 5. The fraction of sp³-hybridized carbons (Fsp3) is 0.368. The molecule has 1 aromatic carbocycles. The Bertz CT molecular complexity index is 927. The molecule has 4 rings (SSSR count). The number of nitrogens with zero attached hydrogens (tertiary/aromatic N) is 5. The highest BCUT2D eigenvalue weighted by molar-refractivity contribution is 5.93. The minimum absolute atomic E-state index is 0.0574. The van der Waals surface area contributed by atoms with Crippen LogP contribution in [0.3, 0.4) is 0 Å². The molecule has 0 spiro atoms. The molecule has 3 aromatic rings. The van der Waals surface area contributed by atoms with Gasteiger partial charge in [-0.25, -0.2) is 14.6 Å². The molecule has 1 N–H and O–H groups in total. The van der Waals surface area contributed by atoms with Crippen molar-refractivity contribution in [2.24, 2.45) is 5.92 Å². The van der Waals surface area contributed by atoms with E-state index in [2.05, 4.69) is 28.9 Å². The van der Waals surface area contributed by atoms with E-state index in [1.54, 1.807) is 6.33 Å². The van der Waals surface area contributed by atoms with Gasteiger partial charge in [0.2, 0.25) is 0 Å². The Kier molecular flexibility index (Phi) is 4.06. The van der Waals surface area contributed by atoms with E-state index in [9.17, 15) is 4.79 Å². The number of carbonyl (C=O) groups is 1. The van der Waals surface area contributed by atoms with Crippen LogP contribution >= 0.6 is 0 Å². The van der Waals surface area contributed by atoms with Crippen molar-refractivity contribution in [2.75, 3.05) is 6.54 Å². The number of H-pyrrole nitrogens is 1. The maximum atomic E-state index is 13.1. The van der Waals surface area contributed by atoms with Crippen molar-refractivity contribution < 1.29 is 4.79 Å². The Morgan fingerprint density at radius 1 is 1.23 bits per heavy atom. The second-order valence-electron chi connectivity index (χ2n) is 6.95. The molecule has 0 aliphatic carbocycles. The van der Waals surface area contributed by atoms with Gasteiger partial charge in [-0.3, -0.25) is 4.79 Å². The number of aromatic amines is 1. The quantitative estimate of drug-likeness (QED) is 0.788. The van der Waals surface area contributed by atoms with E-state index in [1.165, 1.54) is 0 Å². The third-order valence-electron chi connectivity index (χ3n) is 4.81. The molecule has 7 nitrogen and oxygen atoms in total. The Morgan fingerprint density at radius 2 is 2.00 bits per heavy atom. The summed E-state index contributed by atoms with van der Waals surface area (Å²) in [7, 11) is 0. The first kappa shape index (κ1) is 16.5. The van der Waals surface area contributed by atoms with Crippen molar-refractivity contribution in [2.45, 2.75) is 33.4 Å². The second kappa shape index (κ2) is 6.40. The molecular weight excluding hydrogens is 328 g/mol. The molecule has 26 heavy (non-hydrogen) atoms. The summed E-state index contributed by atoms with van der Waals surface area (Å²) in [5.74, 6) is 1.70.